The molecule has 0 atom stereocenters. The molecule has 0 saturated carbocycles. The summed E-state index contributed by atoms with van der Waals surface area (Å²) in [6.45, 7) is 9.61. The molecule has 0 heterocycles. The summed E-state index contributed by atoms with van der Waals surface area (Å²) in [6, 6.07) is 6.74. The van der Waals surface area contributed by atoms with E-state index in [0.717, 1.165) is 12.8 Å². The largest absolute Gasteiger partial charge is 0.352 e. The number of amides is 1. The number of benzene rings is 1. The van der Waals surface area contributed by atoms with Crippen LogP contribution in [0.2, 0.25) is 0 Å². The molecule has 1 aromatic carbocycles. The van der Waals surface area contributed by atoms with Crippen molar-refractivity contribution in [2.24, 2.45) is 0 Å². The van der Waals surface area contributed by atoms with Gasteiger partial charge in [-0.05, 0) is 12.5 Å². The summed E-state index contributed by atoms with van der Waals surface area (Å²) in [5.41, 5.74) is 1.05. The third-order valence-electron chi connectivity index (χ3n) is 2.05. The first-order valence-electron chi connectivity index (χ1n) is 5.03. The lowest BCUT2D eigenvalue weighted by atomic mass is 10.2. The highest BCUT2D eigenvalue weighted by atomic mass is 16.1. The van der Waals surface area contributed by atoms with E-state index in [1.165, 1.54) is 0 Å². The Morgan fingerprint density at radius 2 is 2.33 bits per heavy atom. The van der Waals surface area contributed by atoms with Crippen molar-refractivity contribution in [1.82, 2.24) is 5.32 Å². The van der Waals surface area contributed by atoms with Crippen LogP contribution in [0.15, 0.2) is 24.3 Å². The summed E-state index contributed by atoms with van der Waals surface area (Å²) >= 11 is 0. The van der Waals surface area contributed by atoms with Crippen LogP contribution in [-0.2, 0) is 0 Å². The summed E-state index contributed by atoms with van der Waals surface area (Å²) in [6.07, 6.45) is 2.04. The fourth-order valence-electron chi connectivity index (χ4n) is 1.20. The van der Waals surface area contributed by atoms with E-state index in [-0.39, 0.29) is 5.91 Å². The predicted octanol–water partition coefficient (Wildman–Crippen LogP) is 2.77. The first-order valence-corrected chi connectivity index (χ1v) is 5.03. The first-order chi connectivity index (χ1) is 7.27. The van der Waals surface area contributed by atoms with Crippen molar-refractivity contribution in [3.05, 3.63) is 41.2 Å². The van der Waals surface area contributed by atoms with Crippen LogP contribution in [0.25, 0.3) is 4.85 Å². The van der Waals surface area contributed by atoms with Crippen LogP contribution in [0, 0.1) is 6.57 Å². The molecule has 0 unspecified atom stereocenters. The maximum atomic E-state index is 11.6. The van der Waals surface area contributed by atoms with Gasteiger partial charge in [0.1, 0.15) is 0 Å². The van der Waals surface area contributed by atoms with E-state index in [4.69, 9.17) is 6.57 Å². The van der Waals surface area contributed by atoms with Gasteiger partial charge in [-0.3, -0.25) is 4.79 Å². The average molecular weight is 202 g/mol. The molecule has 0 aliphatic rings. The number of hydrogen-bond donors (Lipinski definition) is 1. The van der Waals surface area contributed by atoms with Gasteiger partial charge in [-0.25, -0.2) is 4.85 Å². The molecule has 0 fully saturated rings. The number of unbranched alkanes of at least 4 members (excludes halogenated alkanes) is 1. The van der Waals surface area contributed by atoms with Gasteiger partial charge in [0.2, 0.25) is 5.91 Å². The molecule has 1 N–H and O–H groups in total. The number of rotatable bonds is 4. The normalized spacial score (nSPS) is 9.33. The Morgan fingerprint density at radius 1 is 1.53 bits per heavy atom. The van der Waals surface area contributed by atoms with Crippen LogP contribution < -0.4 is 5.32 Å². The number of carbonyl (C=O) groups is 1. The zero-order chi connectivity index (χ0) is 11.1. The molecule has 15 heavy (non-hydrogen) atoms. The van der Waals surface area contributed by atoms with Gasteiger partial charge in [-0.15, -0.1) is 0 Å². The number of nitrogens with one attached hydrogen (secondary N) is 1. The zero-order valence-corrected chi connectivity index (χ0v) is 8.79. The fraction of sp³-hybridized carbons (Fsp3) is 0.333. The molecule has 1 rings (SSSR count). The van der Waals surface area contributed by atoms with E-state index in [1.54, 1.807) is 24.3 Å². The van der Waals surface area contributed by atoms with Gasteiger partial charge in [-0.2, -0.15) is 0 Å². The Labute approximate surface area is 89.9 Å². The number of hydrogen-bond acceptors (Lipinski definition) is 1. The third kappa shape index (κ3) is 3.43. The lowest BCUT2D eigenvalue weighted by molar-refractivity contribution is 0.0953. The Morgan fingerprint density at radius 3 is 3.00 bits per heavy atom. The van der Waals surface area contributed by atoms with Gasteiger partial charge >= 0.3 is 0 Å². The van der Waals surface area contributed by atoms with E-state index in [2.05, 4.69) is 17.1 Å². The lowest BCUT2D eigenvalue weighted by Crippen LogP contribution is -2.24. The molecule has 0 aromatic heterocycles. The number of carbonyl (C=O) groups excluding carboxylic acids is 1. The maximum Gasteiger partial charge on any atom is 0.250 e. The molecule has 0 bridgehead atoms. The first kappa shape index (κ1) is 11.3. The van der Waals surface area contributed by atoms with Gasteiger partial charge in [0, 0.05) is 12.1 Å². The number of nitrogens with zero attached hydrogens (tertiary/aromatic N) is 1. The second-order valence-corrected chi connectivity index (χ2v) is 3.27. The summed E-state index contributed by atoms with van der Waals surface area (Å²) in [5.74, 6) is -0.103. The lowest BCUT2D eigenvalue weighted by Gasteiger charge is -2.04. The highest BCUT2D eigenvalue weighted by Crippen LogP contribution is 2.13. The summed E-state index contributed by atoms with van der Waals surface area (Å²) in [5, 5.41) is 2.81. The Balaban J connectivity index is 2.62. The highest BCUT2D eigenvalue weighted by Gasteiger charge is 2.04. The maximum absolute atomic E-state index is 11.6. The van der Waals surface area contributed by atoms with E-state index in [0.29, 0.717) is 17.8 Å². The van der Waals surface area contributed by atoms with Gasteiger partial charge < -0.3 is 5.32 Å². The Hall–Kier alpha value is -1.82. The van der Waals surface area contributed by atoms with Crippen molar-refractivity contribution in [3.8, 4) is 0 Å². The molecule has 1 amide bonds. The van der Waals surface area contributed by atoms with Crippen molar-refractivity contribution in [1.29, 1.82) is 0 Å². The van der Waals surface area contributed by atoms with Crippen molar-refractivity contribution in [2.75, 3.05) is 6.54 Å². The van der Waals surface area contributed by atoms with Crippen molar-refractivity contribution in [3.63, 3.8) is 0 Å². The standard InChI is InChI=1S/C12H14N2O/c1-3-4-8-14-12(15)10-6-5-7-11(9-10)13-2/h5-7,9H,3-4,8H2,1H3,(H,14,15). The van der Waals surface area contributed by atoms with E-state index < -0.39 is 0 Å². The second kappa shape index (κ2) is 5.82. The summed E-state index contributed by atoms with van der Waals surface area (Å²) in [7, 11) is 0. The van der Waals surface area contributed by atoms with Gasteiger partial charge in [0.25, 0.3) is 0 Å². The molecule has 0 spiro atoms. The molecule has 0 saturated heterocycles. The summed E-state index contributed by atoms with van der Waals surface area (Å²) < 4.78 is 0. The smallest absolute Gasteiger partial charge is 0.250 e. The molecular weight excluding hydrogens is 188 g/mol. The molecule has 0 aliphatic carbocycles. The summed E-state index contributed by atoms with van der Waals surface area (Å²) in [4.78, 5) is 14.9. The van der Waals surface area contributed by atoms with Crippen molar-refractivity contribution >= 4 is 11.6 Å². The van der Waals surface area contributed by atoms with Crippen LogP contribution in [0.1, 0.15) is 30.1 Å². The van der Waals surface area contributed by atoms with E-state index in [9.17, 15) is 4.79 Å². The molecule has 3 nitrogen and oxygen atoms in total. The Bertz CT molecular complexity index is 379. The highest BCUT2D eigenvalue weighted by molar-refractivity contribution is 5.95. The molecule has 0 aliphatic heterocycles. The zero-order valence-electron chi connectivity index (χ0n) is 8.79. The fourth-order valence-corrected chi connectivity index (χ4v) is 1.20. The molecule has 78 valence electrons. The Kier molecular flexibility index (Phi) is 4.36. The van der Waals surface area contributed by atoms with Crippen LogP contribution in [0.4, 0.5) is 5.69 Å². The monoisotopic (exact) mass is 202 g/mol. The quantitative estimate of drug-likeness (QED) is 0.591. The minimum Gasteiger partial charge on any atom is -0.352 e. The SMILES string of the molecule is [C-]#[N+]c1cccc(C(=O)NCCCC)c1. The topological polar surface area (TPSA) is 33.5 Å². The van der Waals surface area contributed by atoms with Gasteiger partial charge in [0.15, 0.2) is 5.69 Å². The van der Waals surface area contributed by atoms with Crippen molar-refractivity contribution < 1.29 is 4.79 Å². The van der Waals surface area contributed by atoms with Gasteiger partial charge in [-0.1, -0.05) is 31.5 Å². The van der Waals surface area contributed by atoms with E-state index >= 15 is 0 Å². The molecule has 0 radical (unpaired) electrons. The van der Waals surface area contributed by atoms with Crippen LogP contribution >= 0.6 is 0 Å². The van der Waals surface area contributed by atoms with Crippen molar-refractivity contribution in [2.45, 2.75) is 19.8 Å². The van der Waals surface area contributed by atoms with E-state index in [1.807, 2.05) is 0 Å². The molecular formula is C12H14N2O. The van der Waals surface area contributed by atoms with Crippen LogP contribution in [0.3, 0.4) is 0 Å². The van der Waals surface area contributed by atoms with Crippen LogP contribution in [-0.4, -0.2) is 12.5 Å². The minimum atomic E-state index is -0.103. The predicted molar refractivity (Wildman–Crippen MR) is 59.9 cm³/mol. The average Bonchev–Trinajstić information content (AvgIpc) is 2.29. The molecule has 3 heteroatoms. The second-order valence-electron chi connectivity index (χ2n) is 3.27. The molecule has 1 aromatic rings. The van der Waals surface area contributed by atoms with Gasteiger partial charge in [0.05, 0.1) is 6.57 Å². The third-order valence-corrected chi connectivity index (χ3v) is 2.05. The minimum absolute atomic E-state index is 0.103. The van der Waals surface area contributed by atoms with Crippen LogP contribution in [0.5, 0.6) is 0 Å².